The summed E-state index contributed by atoms with van der Waals surface area (Å²) in [6.45, 7) is 4.88. The quantitative estimate of drug-likeness (QED) is 0.854. The predicted molar refractivity (Wildman–Crippen MR) is 74.7 cm³/mol. The monoisotopic (exact) mass is 283 g/mol. The van der Waals surface area contributed by atoms with Crippen molar-refractivity contribution < 1.29 is 13.5 Å². The molecular formula is C15H19F2NO2. The minimum Gasteiger partial charge on any atom is -0.378 e. The maximum absolute atomic E-state index is 13.9. The SMILES string of the molecule is CCc1cc(N2CCOCC2)c(C(C)(F)F)cc(=O)c1. The molecule has 3 nitrogen and oxygen atoms in total. The van der Waals surface area contributed by atoms with Gasteiger partial charge in [-0.2, -0.15) is 0 Å². The summed E-state index contributed by atoms with van der Waals surface area (Å²) in [6.07, 6.45) is 0.635. The van der Waals surface area contributed by atoms with Crippen molar-refractivity contribution in [2.24, 2.45) is 0 Å². The van der Waals surface area contributed by atoms with Gasteiger partial charge >= 0.3 is 0 Å². The van der Waals surface area contributed by atoms with Gasteiger partial charge in [-0.05, 0) is 30.2 Å². The van der Waals surface area contributed by atoms with Crippen molar-refractivity contribution in [2.75, 3.05) is 31.2 Å². The lowest BCUT2D eigenvalue weighted by Gasteiger charge is -2.31. The predicted octanol–water partition coefficient (Wildman–Crippen LogP) is 2.56. The minimum absolute atomic E-state index is 0.205. The smallest absolute Gasteiger partial charge is 0.272 e. The van der Waals surface area contributed by atoms with Gasteiger partial charge in [0.05, 0.1) is 13.2 Å². The standard InChI is InChI=1S/C15H19F2NO2/c1-3-11-8-12(19)10-13(15(2,16)17)14(9-11)18-4-6-20-7-5-18/h8-10H,3-7H2,1-2H3. The van der Waals surface area contributed by atoms with Gasteiger partial charge in [-0.25, -0.2) is 8.78 Å². The number of halogens is 2. The highest BCUT2D eigenvalue weighted by Crippen LogP contribution is 2.34. The zero-order chi connectivity index (χ0) is 14.8. The van der Waals surface area contributed by atoms with E-state index in [0.717, 1.165) is 18.6 Å². The number of hydrogen-bond donors (Lipinski definition) is 0. The summed E-state index contributed by atoms with van der Waals surface area (Å²) in [5.41, 5.74) is 0.633. The number of nitrogens with zero attached hydrogens (tertiary/aromatic N) is 1. The molecule has 0 saturated carbocycles. The molecule has 0 aromatic heterocycles. The lowest BCUT2D eigenvalue weighted by molar-refractivity contribution is 0.0176. The van der Waals surface area contributed by atoms with Crippen molar-refractivity contribution in [3.05, 3.63) is 39.5 Å². The van der Waals surface area contributed by atoms with Crippen LogP contribution >= 0.6 is 0 Å². The fraction of sp³-hybridized carbons (Fsp3) is 0.533. The van der Waals surface area contributed by atoms with Crippen LogP contribution < -0.4 is 10.3 Å². The van der Waals surface area contributed by atoms with Gasteiger partial charge in [-0.15, -0.1) is 0 Å². The van der Waals surface area contributed by atoms with Crippen LogP contribution in [0.25, 0.3) is 0 Å². The molecule has 0 aliphatic carbocycles. The van der Waals surface area contributed by atoms with Crippen molar-refractivity contribution in [3.8, 4) is 0 Å². The maximum Gasteiger partial charge on any atom is 0.272 e. The second-order valence-corrected chi connectivity index (χ2v) is 5.05. The van der Waals surface area contributed by atoms with Gasteiger partial charge in [0, 0.05) is 31.3 Å². The van der Waals surface area contributed by atoms with E-state index in [0.29, 0.717) is 38.4 Å². The Labute approximate surface area is 117 Å². The normalized spacial score (nSPS) is 16.3. The van der Waals surface area contributed by atoms with E-state index in [9.17, 15) is 13.6 Å². The molecule has 5 heteroatoms. The molecule has 1 aliphatic heterocycles. The topological polar surface area (TPSA) is 29.5 Å². The first-order valence-electron chi connectivity index (χ1n) is 6.81. The number of morpholine rings is 1. The van der Waals surface area contributed by atoms with Gasteiger partial charge in [0.2, 0.25) is 0 Å². The van der Waals surface area contributed by atoms with Crippen LogP contribution in [0.5, 0.6) is 0 Å². The van der Waals surface area contributed by atoms with Crippen LogP contribution in [0.15, 0.2) is 23.0 Å². The van der Waals surface area contributed by atoms with Gasteiger partial charge in [0.1, 0.15) is 0 Å². The van der Waals surface area contributed by atoms with Crippen LogP contribution in [-0.4, -0.2) is 26.3 Å². The van der Waals surface area contributed by atoms with Crippen molar-refractivity contribution in [1.29, 1.82) is 0 Å². The van der Waals surface area contributed by atoms with E-state index in [4.69, 9.17) is 4.74 Å². The average Bonchev–Trinajstić information content (AvgIpc) is 2.58. The summed E-state index contributed by atoms with van der Waals surface area (Å²) in [7, 11) is 0. The number of rotatable bonds is 3. The van der Waals surface area contributed by atoms with Crippen LogP contribution in [0.3, 0.4) is 0 Å². The zero-order valence-corrected chi connectivity index (χ0v) is 11.8. The Morgan fingerprint density at radius 2 is 1.90 bits per heavy atom. The summed E-state index contributed by atoms with van der Waals surface area (Å²) in [5.74, 6) is -3.04. The molecule has 0 atom stereocenters. The van der Waals surface area contributed by atoms with E-state index >= 15 is 0 Å². The Morgan fingerprint density at radius 3 is 2.45 bits per heavy atom. The third-order valence-corrected chi connectivity index (χ3v) is 3.45. The molecule has 0 bridgehead atoms. The lowest BCUT2D eigenvalue weighted by Crippen LogP contribution is -2.37. The second kappa shape index (κ2) is 5.87. The van der Waals surface area contributed by atoms with E-state index in [1.165, 1.54) is 6.07 Å². The summed E-state index contributed by atoms with van der Waals surface area (Å²) in [6, 6.07) is 4.20. The highest BCUT2D eigenvalue weighted by atomic mass is 19.3. The van der Waals surface area contributed by atoms with E-state index in [2.05, 4.69) is 0 Å². The molecule has 1 heterocycles. The average molecular weight is 283 g/mol. The van der Waals surface area contributed by atoms with Crippen molar-refractivity contribution in [3.63, 3.8) is 0 Å². The molecule has 2 rings (SSSR count). The van der Waals surface area contributed by atoms with Gasteiger partial charge in [-0.1, -0.05) is 6.92 Å². The van der Waals surface area contributed by atoms with Gasteiger partial charge < -0.3 is 9.64 Å². The number of anilines is 1. The van der Waals surface area contributed by atoms with Gasteiger partial charge in [0.15, 0.2) is 5.43 Å². The summed E-state index contributed by atoms with van der Waals surface area (Å²) < 4.78 is 33.0. The molecule has 1 saturated heterocycles. The fourth-order valence-corrected chi connectivity index (χ4v) is 2.36. The Bertz CT molecular complexity index is 534. The Balaban J connectivity index is 2.61. The molecule has 1 aromatic carbocycles. The number of alkyl halides is 2. The molecule has 20 heavy (non-hydrogen) atoms. The first-order valence-corrected chi connectivity index (χ1v) is 6.81. The van der Waals surface area contributed by atoms with Gasteiger partial charge in [0.25, 0.3) is 5.92 Å². The van der Waals surface area contributed by atoms with Crippen LogP contribution in [0.2, 0.25) is 0 Å². The molecule has 0 N–H and O–H groups in total. The summed E-state index contributed by atoms with van der Waals surface area (Å²) in [4.78, 5) is 13.6. The lowest BCUT2D eigenvalue weighted by atomic mass is 10.1. The van der Waals surface area contributed by atoms with Crippen LogP contribution in [0, 0.1) is 0 Å². The Morgan fingerprint density at radius 1 is 1.25 bits per heavy atom. The molecule has 1 aromatic rings. The highest BCUT2D eigenvalue weighted by Gasteiger charge is 2.30. The summed E-state index contributed by atoms with van der Waals surface area (Å²) >= 11 is 0. The second-order valence-electron chi connectivity index (χ2n) is 5.05. The third-order valence-electron chi connectivity index (χ3n) is 3.45. The first-order chi connectivity index (χ1) is 9.41. The van der Waals surface area contributed by atoms with Crippen LogP contribution in [0.4, 0.5) is 14.5 Å². The fourth-order valence-electron chi connectivity index (χ4n) is 2.36. The van der Waals surface area contributed by atoms with Crippen molar-refractivity contribution >= 4 is 5.69 Å². The number of hydrogen-bond acceptors (Lipinski definition) is 3. The Kier molecular flexibility index (Phi) is 4.38. The largest absolute Gasteiger partial charge is 0.378 e. The Hall–Kier alpha value is -1.49. The third kappa shape index (κ3) is 3.33. The molecule has 110 valence electrons. The van der Waals surface area contributed by atoms with Crippen LogP contribution in [-0.2, 0) is 17.1 Å². The minimum atomic E-state index is -3.04. The zero-order valence-electron chi connectivity index (χ0n) is 11.8. The van der Waals surface area contributed by atoms with Crippen molar-refractivity contribution in [1.82, 2.24) is 0 Å². The van der Waals surface area contributed by atoms with Crippen molar-refractivity contribution in [2.45, 2.75) is 26.2 Å². The first kappa shape index (κ1) is 14.9. The summed E-state index contributed by atoms with van der Waals surface area (Å²) in [5, 5.41) is 0. The van der Waals surface area contributed by atoms with Crippen LogP contribution in [0.1, 0.15) is 25.0 Å². The molecule has 0 radical (unpaired) electrons. The molecule has 1 aliphatic rings. The van der Waals surface area contributed by atoms with Gasteiger partial charge in [-0.3, -0.25) is 4.79 Å². The number of ether oxygens (including phenoxy) is 1. The molecule has 0 amide bonds. The number of aryl methyl sites for hydroxylation is 1. The van der Waals surface area contributed by atoms with E-state index in [-0.39, 0.29) is 11.0 Å². The van der Waals surface area contributed by atoms with E-state index in [1.807, 2.05) is 11.8 Å². The maximum atomic E-state index is 13.9. The molecule has 1 fully saturated rings. The molecule has 0 spiro atoms. The van der Waals surface area contributed by atoms with E-state index in [1.54, 1.807) is 6.07 Å². The highest BCUT2D eigenvalue weighted by molar-refractivity contribution is 5.56. The molecule has 0 unspecified atom stereocenters. The van der Waals surface area contributed by atoms with E-state index < -0.39 is 5.92 Å². The molecular weight excluding hydrogens is 264 g/mol.